The number of rotatable bonds is 5. The van der Waals surface area contributed by atoms with Crippen LogP contribution in [0, 0.1) is 10.1 Å². The molecule has 2 heterocycles. The first-order valence-electron chi connectivity index (χ1n) is 9.27. The quantitative estimate of drug-likeness (QED) is 0.339. The Hall–Kier alpha value is -4.18. The third-order valence-electron chi connectivity index (χ3n) is 4.65. The summed E-state index contributed by atoms with van der Waals surface area (Å²) >= 11 is 1.11. The summed E-state index contributed by atoms with van der Waals surface area (Å²) in [5.74, 6) is -0.625. The van der Waals surface area contributed by atoms with Crippen molar-refractivity contribution in [3.8, 4) is 11.3 Å². The molecule has 1 N–H and O–H groups in total. The maximum Gasteiger partial charge on any atom is 0.337 e. The molecule has 4 rings (SSSR count). The van der Waals surface area contributed by atoms with E-state index in [0.717, 1.165) is 11.8 Å². The van der Waals surface area contributed by atoms with E-state index in [2.05, 4.69) is 4.99 Å². The normalized spacial score (nSPS) is 14.5. The van der Waals surface area contributed by atoms with E-state index in [9.17, 15) is 24.8 Å². The van der Waals surface area contributed by atoms with Crippen LogP contribution in [0.2, 0.25) is 0 Å². The predicted octanol–water partition coefficient (Wildman–Crippen LogP) is 4.66. The molecule has 0 saturated carbocycles. The van der Waals surface area contributed by atoms with Crippen molar-refractivity contribution in [2.24, 2.45) is 4.99 Å². The summed E-state index contributed by atoms with van der Waals surface area (Å²) < 4.78 is 5.76. The predicted molar refractivity (Wildman–Crippen MR) is 121 cm³/mol. The van der Waals surface area contributed by atoms with Gasteiger partial charge in [0.15, 0.2) is 5.17 Å². The molecular formula is C22H15N3O6S. The van der Waals surface area contributed by atoms with Gasteiger partial charge in [0.2, 0.25) is 0 Å². The van der Waals surface area contributed by atoms with Gasteiger partial charge in [-0.2, -0.15) is 4.99 Å². The highest BCUT2D eigenvalue weighted by molar-refractivity contribution is 8.18. The number of anilines is 1. The van der Waals surface area contributed by atoms with Crippen molar-refractivity contribution in [1.82, 2.24) is 0 Å². The number of amidine groups is 1. The van der Waals surface area contributed by atoms with Crippen LogP contribution in [0.25, 0.3) is 17.4 Å². The lowest BCUT2D eigenvalue weighted by Crippen LogP contribution is -2.24. The second kappa shape index (κ2) is 8.52. The van der Waals surface area contributed by atoms with Gasteiger partial charge in [0.1, 0.15) is 11.5 Å². The zero-order chi connectivity index (χ0) is 22.8. The number of amides is 1. The molecule has 10 heteroatoms. The highest BCUT2D eigenvalue weighted by atomic mass is 32.2. The van der Waals surface area contributed by atoms with Gasteiger partial charge in [-0.25, -0.2) is 4.79 Å². The van der Waals surface area contributed by atoms with Gasteiger partial charge in [0, 0.05) is 30.8 Å². The molecular weight excluding hydrogens is 434 g/mol. The van der Waals surface area contributed by atoms with Crippen molar-refractivity contribution in [3.63, 3.8) is 0 Å². The van der Waals surface area contributed by atoms with Gasteiger partial charge >= 0.3 is 5.97 Å². The SMILES string of the molecule is CN(C1=NC(=O)/C(=C\c2ccc(-c3ccc([N+](=O)[O-])cc3)o2)S1)c1ccccc1C(=O)O. The summed E-state index contributed by atoms with van der Waals surface area (Å²) in [6.45, 7) is 0. The Kier molecular flexibility index (Phi) is 5.61. The maximum atomic E-state index is 12.4. The van der Waals surface area contributed by atoms with Gasteiger partial charge in [0.05, 0.1) is 21.1 Å². The number of aliphatic imine (C=N–C) groups is 1. The minimum Gasteiger partial charge on any atom is -0.478 e. The van der Waals surface area contributed by atoms with E-state index < -0.39 is 16.8 Å². The summed E-state index contributed by atoms with van der Waals surface area (Å²) in [4.78, 5) is 40.1. The lowest BCUT2D eigenvalue weighted by molar-refractivity contribution is -0.384. The topological polar surface area (TPSA) is 126 Å². The largest absolute Gasteiger partial charge is 0.478 e. The number of aromatic carboxylic acids is 1. The van der Waals surface area contributed by atoms with Crippen LogP contribution in [0.1, 0.15) is 16.1 Å². The van der Waals surface area contributed by atoms with E-state index in [-0.39, 0.29) is 11.3 Å². The first kappa shape index (κ1) is 21.1. The second-order valence-electron chi connectivity index (χ2n) is 6.70. The first-order chi connectivity index (χ1) is 15.3. The summed E-state index contributed by atoms with van der Waals surface area (Å²) in [6.07, 6.45) is 1.55. The molecule has 0 aliphatic carbocycles. The van der Waals surface area contributed by atoms with Gasteiger partial charge in [-0.1, -0.05) is 12.1 Å². The Balaban J connectivity index is 1.53. The van der Waals surface area contributed by atoms with Crippen molar-refractivity contribution < 1.29 is 24.0 Å². The van der Waals surface area contributed by atoms with E-state index in [1.54, 1.807) is 60.5 Å². The van der Waals surface area contributed by atoms with Crippen LogP contribution >= 0.6 is 11.8 Å². The maximum absolute atomic E-state index is 12.4. The zero-order valence-electron chi connectivity index (χ0n) is 16.6. The number of hydrogen-bond acceptors (Lipinski definition) is 7. The molecule has 0 spiro atoms. The van der Waals surface area contributed by atoms with Gasteiger partial charge < -0.3 is 14.4 Å². The fraction of sp³-hybridized carbons (Fsp3) is 0.0455. The van der Waals surface area contributed by atoms with E-state index in [4.69, 9.17) is 4.42 Å². The fourth-order valence-electron chi connectivity index (χ4n) is 3.05. The number of thioether (sulfide) groups is 1. The Bertz CT molecular complexity index is 1290. The number of para-hydroxylation sites is 1. The molecule has 32 heavy (non-hydrogen) atoms. The zero-order valence-corrected chi connectivity index (χ0v) is 17.4. The lowest BCUT2D eigenvalue weighted by Gasteiger charge is -2.19. The van der Waals surface area contributed by atoms with E-state index in [1.165, 1.54) is 18.2 Å². The van der Waals surface area contributed by atoms with Crippen LogP contribution < -0.4 is 4.90 Å². The molecule has 1 aliphatic heterocycles. The molecule has 9 nitrogen and oxygen atoms in total. The number of benzene rings is 2. The number of carboxylic acids is 1. The lowest BCUT2D eigenvalue weighted by atomic mass is 10.1. The summed E-state index contributed by atoms with van der Waals surface area (Å²) in [6, 6.07) is 15.8. The molecule has 1 aliphatic rings. The Morgan fingerprint density at radius 3 is 2.56 bits per heavy atom. The number of nitro groups is 1. The number of nitro benzene ring substituents is 1. The smallest absolute Gasteiger partial charge is 0.337 e. The fourth-order valence-corrected chi connectivity index (χ4v) is 3.92. The van der Waals surface area contributed by atoms with Crippen molar-refractivity contribution in [2.75, 3.05) is 11.9 Å². The minimum atomic E-state index is -1.08. The van der Waals surface area contributed by atoms with Crippen LogP contribution in [0.4, 0.5) is 11.4 Å². The molecule has 160 valence electrons. The summed E-state index contributed by atoms with van der Waals surface area (Å²) in [5.41, 5.74) is 1.15. The number of hydrogen-bond donors (Lipinski definition) is 1. The van der Waals surface area contributed by atoms with Crippen LogP contribution in [0.5, 0.6) is 0 Å². The first-order valence-corrected chi connectivity index (χ1v) is 10.1. The minimum absolute atomic E-state index is 0.0196. The number of furan rings is 1. The Labute approximate surface area is 185 Å². The second-order valence-corrected chi connectivity index (χ2v) is 7.71. The molecule has 0 saturated heterocycles. The van der Waals surface area contributed by atoms with Crippen molar-refractivity contribution in [3.05, 3.63) is 87.0 Å². The van der Waals surface area contributed by atoms with Gasteiger partial charge in [-0.15, -0.1) is 0 Å². The van der Waals surface area contributed by atoms with Crippen LogP contribution in [-0.4, -0.2) is 34.1 Å². The van der Waals surface area contributed by atoms with E-state index in [0.29, 0.717) is 32.8 Å². The summed E-state index contributed by atoms with van der Waals surface area (Å²) in [5, 5.41) is 20.5. The molecule has 2 aromatic carbocycles. The van der Waals surface area contributed by atoms with E-state index in [1.807, 2.05) is 0 Å². The molecule has 3 aromatic rings. The van der Waals surface area contributed by atoms with Crippen molar-refractivity contribution >= 4 is 46.3 Å². The van der Waals surface area contributed by atoms with E-state index >= 15 is 0 Å². The molecule has 0 radical (unpaired) electrons. The third kappa shape index (κ3) is 4.16. The molecule has 0 unspecified atom stereocenters. The Morgan fingerprint density at radius 2 is 1.88 bits per heavy atom. The highest BCUT2D eigenvalue weighted by Crippen LogP contribution is 2.34. The number of carbonyl (C=O) groups is 2. The van der Waals surface area contributed by atoms with Gasteiger partial charge in [-0.3, -0.25) is 14.9 Å². The molecule has 0 bridgehead atoms. The highest BCUT2D eigenvalue weighted by Gasteiger charge is 2.27. The van der Waals surface area contributed by atoms with Crippen molar-refractivity contribution in [1.29, 1.82) is 0 Å². The van der Waals surface area contributed by atoms with Crippen LogP contribution in [0.15, 0.2) is 75.0 Å². The number of non-ortho nitro benzene ring substituents is 1. The molecule has 1 aromatic heterocycles. The van der Waals surface area contributed by atoms with Gasteiger partial charge in [-0.05, 0) is 48.2 Å². The van der Waals surface area contributed by atoms with Crippen molar-refractivity contribution in [2.45, 2.75) is 0 Å². The monoisotopic (exact) mass is 449 g/mol. The van der Waals surface area contributed by atoms with Crippen LogP contribution in [-0.2, 0) is 4.79 Å². The molecule has 0 atom stereocenters. The Morgan fingerprint density at radius 1 is 1.16 bits per heavy atom. The molecule has 1 amide bonds. The average Bonchev–Trinajstić information content (AvgIpc) is 3.40. The summed E-state index contributed by atoms with van der Waals surface area (Å²) in [7, 11) is 1.64. The number of carboxylic acid groups (broad SMARTS) is 1. The number of nitrogens with zero attached hydrogens (tertiary/aromatic N) is 3. The van der Waals surface area contributed by atoms with Crippen LogP contribution in [0.3, 0.4) is 0 Å². The average molecular weight is 449 g/mol. The third-order valence-corrected chi connectivity index (χ3v) is 5.71. The van der Waals surface area contributed by atoms with Gasteiger partial charge in [0.25, 0.3) is 11.6 Å². The number of carbonyl (C=O) groups excluding carboxylic acids is 1. The standard InChI is InChI=1S/C22H15N3O6S/c1-24(17-5-3-2-4-16(17)21(27)28)22-23-20(26)19(32-22)12-15-10-11-18(31-15)13-6-8-14(9-7-13)25(29)30/h2-12H,1H3,(H,27,28)/b19-12+. The molecule has 0 fully saturated rings.